The minimum Gasteiger partial charge on any atom is -0.475 e. The van der Waals surface area contributed by atoms with Gasteiger partial charge in [0.05, 0.1) is 5.57 Å². The average Bonchev–Trinajstić information content (AvgIpc) is 2.66. The zero-order valence-corrected chi connectivity index (χ0v) is 16.7. The summed E-state index contributed by atoms with van der Waals surface area (Å²) in [6.45, 7) is 1.83. The van der Waals surface area contributed by atoms with Gasteiger partial charge in [0, 0.05) is 28.9 Å². The van der Waals surface area contributed by atoms with E-state index in [1.165, 1.54) is 12.1 Å². The zero-order valence-electron chi connectivity index (χ0n) is 16.0. The largest absolute Gasteiger partial charge is 0.491 e. The number of aryl methyl sites for hydroxylation is 1. The number of fused-ring (bicyclic) bond motifs is 1. The van der Waals surface area contributed by atoms with Crippen LogP contribution in [0.25, 0.3) is 6.08 Å². The fourth-order valence-corrected chi connectivity index (χ4v) is 3.13. The molecule has 0 amide bonds. The third-order valence-corrected chi connectivity index (χ3v) is 4.66. The van der Waals surface area contributed by atoms with Crippen molar-refractivity contribution in [2.45, 2.75) is 31.8 Å². The van der Waals surface area contributed by atoms with Crippen LogP contribution >= 0.6 is 11.6 Å². The summed E-state index contributed by atoms with van der Waals surface area (Å²) in [5, 5.41) is 0.0939. The van der Waals surface area contributed by atoms with Crippen molar-refractivity contribution in [2.24, 2.45) is 0 Å². The summed E-state index contributed by atoms with van der Waals surface area (Å²) in [6.07, 6.45) is -11.4. The summed E-state index contributed by atoms with van der Waals surface area (Å²) in [6, 6.07) is 5.91. The predicted octanol–water partition coefficient (Wildman–Crippen LogP) is 4.97. The van der Waals surface area contributed by atoms with Gasteiger partial charge in [0.2, 0.25) is 6.10 Å². The Morgan fingerprint density at radius 3 is 2.44 bits per heavy atom. The molecular formula is C20H12ClF6NO4. The highest BCUT2D eigenvalue weighted by Crippen LogP contribution is 2.40. The molecule has 3 rings (SSSR count). The van der Waals surface area contributed by atoms with Crippen molar-refractivity contribution in [1.29, 1.82) is 0 Å². The molecule has 2 heterocycles. The molecule has 0 spiro atoms. The van der Waals surface area contributed by atoms with E-state index < -0.39 is 36.0 Å². The average molecular weight is 480 g/mol. The van der Waals surface area contributed by atoms with Crippen LogP contribution in [0.1, 0.15) is 22.4 Å². The van der Waals surface area contributed by atoms with E-state index in [1.807, 2.05) is 6.92 Å². The molecule has 1 aromatic heterocycles. The third kappa shape index (κ3) is 5.21. The fraction of sp³-hybridized carbons (Fsp3) is 0.250. The minimum absolute atomic E-state index is 0.0939. The van der Waals surface area contributed by atoms with Crippen LogP contribution in [0.5, 0.6) is 5.75 Å². The van der Waals surface area contributed by atoms with Gasteiger partial charge in [-0.25, -0.2) is 9.59 Å². The number of hydrogen-bond acceptors (Lipinski definition) is 5. The Kier molecular flexibility index (Phi) is 6.23. The topological polar surface area (TPSA) is 65.5 Å². The summed E-state index contributed by atoms with van der Waals surface area (Å²) in [5.74, 6) is -5.39. The number of halogens is 7. The van der Waals surface area contributed by atoms with Gasteiger partial charge in [0.1, 0.15) is 5.75 Å². The van der Waals surface area contributed by atoms with Gasteiger partial charge in [-0.1, -0.05) is 11.6 Å². The predicted molar refractivity (Wildman–Crippen MR) is 98.8 cm³/mol. The van der Waals surface area contributed by atoms with Crippen molar-refractivity contribution in [1.82, 2.24) is 4.98 Å². The number of aromatic nitrogens is 1. The van der Waals surface area contributed by atoms with E-state index in [1.54, 1.807) is 18.3 Å². The molecule has 1 atom stereocenters. The smallest absolute Gasteiger partial charge is 0.475 e. The van der Waals surface area contributed by atoms with E-state index in [9.17, 15) is 35.9 Å². The Morgan fingerprint density at radius 2 is 1.84 bits per heavy atom. The highest BCUT2D eigenvalue weighted by molar-refractivity contribution is 6.31. The van der Waals surface area contributed by atoms with Crippen LogP contribution in [-0.4, -0.2) is 35.4 Å². The van der Waals surface area contributed by atoms with Gasteiger partial charge in [0.15, 0.2) is 0 Å². The van der Waals surface area contributed by atoms with Crippen LogP contribution < -0.4 is 4.74 Å². The lowest BCUT2D eigenvalue weighted by Gasteiger charge is -2.28. The van der Waals surface area contributed by atoms with E-state index in [2.05, 4.69) is 9.72 Å². The molecule has 5 nitrogen and oxygen atoms in total. The monoisotopic (exact) mass is 479 g/mol. The van der Waals surface area contributed by atoms with Gasteiger partial charge < -0.3 is 9.47 Å². The second-order valence-corrected chi connectivity index (χ2v) is 7.20. The van der Waals surface area contributed by atoms with Crippen molar-refractivity contribution >= 4 is 29.6 Å². The van der Waals surface area contributed by atoms with E-state index in [0.717, 1.165) is 5.56 Å². The number of pyridine rings is 1. The van der Waals surface area contributed by atoms with Crippen LogP contribution in [-0.2, 0) is 20.7 Å². The summed E-state index contributed by atoms with van der Waals surface area (Å²) < 4.78 is 85.8. The van der Waals surface area contributed by atoms with Gasteiger partial charge in [-0.3, -0.25) is 4.98 Å². The second-order valence-electron chi connectivity index (χ2n) is 6.80. The first-order valence-corrected chi connectivity index (χ1v) is 9.15. The molecule has 0 saturated heterocycles. The second kappa shape index (κ2) is 8.45. The summed E-state index contributed by atoms with van der Waals surface area (Å²) >= 11 is 6.19. The number of alkyl halides is 6. The summed E-state index contributed by atoms with van der Waals surface area (Å²) in [5.41, 5.74) is 0.420. The quantitative estimate of drug-likeness (QED) is 0.353. The Hall–Kier alpha value is -3.08. The molecule has 0 aliphatic carbocycles. The first-order chi connectivity index (χ1) is 14.8. The van der Waals surface area contributed by atoms with Gasteiger partial charge in [-0.2, -0.15) is 26.3 Å². The Bertz CT molecular complexity index is 1110. The van der Waals surface area contributed by atoms with E-state index in [0.29, 0.717) is 17.3 Å². The molecule has 0 N–H and O–H groups in total. The molecule has 0 saturated carbocycles. The maximum absolute atomic E-state index is 13.5. The standard InChI is InChI=1S/C20H12ClF6NO4/c1-9-2-3-28-12(4-9)5-10-8-15-11(7-14(10)21)6-13(16(31-15)19(22,23)24)17(29)32-18(30)20(25,26)27/h2-4,6-8,16H,5H2,1H3. The molecule has 0 bridgehead atoms. The van der Waals surface area contributed by atoms with Crippen LogP contribution in [0.2, 0.25) is 5.02 Å². The van der Waals surface area contributed by atoms with Gasteiger partial charge in [-0.05, 0) is 48.4 Å². The number of esters is 2. The van der Waals surface area contributed by atoms with E-state index >= 15 is 0 Å². The number of hydrogen-bond donors (Lipinski definition) is 0. The molecular weight excluding hydrogens is 468 g/mol. The van der Waals surface area contributed by atoms with Crippen molar-refractivity contribution in [2.75, 3.05) is 0 Å². The SMILES string of the molecule is Cc1ccnc(Cc2cc3c(cc2Cl)C=C(C(=O)OC(=O)C(F)(F)F)C(C(F)(F)F)O3)c1. The number of benzene rings is 1. The lowest BCUT2D eigenvalue weighted by molar-refractivity contribution is -0.204. The number of carbonyl (C=O) groups excluding carboxylic acids is 2. The Labute approximate surface area is 181 Å². The Morgan fingerprint density at radius 1 is 1.16 bits per heavy atom. The van der Waals surface area contributed by atoms with Gasteiger partial charge in [-0.15, -0.1) is 0 Å². The molecule has 1 aromatic carbocycles. The lowest BCUT2D eigenvalue weighted by Crippen LogP contribution is -2.42. The van der Waals surface area contributed by atoms with Crippen LogP contribution in [0.3, 0.4) is 0 Å². The first kappa shape index (κ1) is 23.6. The summed E-state index contributed by atoms with van der Waals surface area (Å²) in [4.78, 5) is 26.9. The van der Waals surface area contributed by atoms with Crippen LogP contribution in [0, 0.1) is 6.92 Å². The van der Waals surface area contributed by atoms with Crippen molar-refractivity contribution in [3.05, 3.63) is 63.4 Å². The normalized spacial score (nSPS) is 16.0. The molecule has 12 heteroatoms. The number of rotatable bonds is 3. The molecule has 1 aliphatic heterocycles. The number of ether oxygens (including phenoxy) is 2. The summed E-state index contributed by atoms with van der Waals surface area (Å²) in [7, 11) is 0. The lowest BCUT2D eigenvalue weighted by atomic mass is 9.98. The van der Waals surface area contributed by atoms with Crippen molar-refractivity contribution < 1.29 is 45.4 Å². The highest BCUT2D eigenvalue weighted by Gasteiger charge is 2.51. The third-order valence-electron chi connectivity index (χ3n) is 4.31. The van der Waals surface area contributed by atoms with Gasteiger partial charge in [0.25, 0.3) is 0 Å². The van der Waals surface area contributed by atoms with Crippen LogP contribution in [0.15, 0.2) is 36.0 Å². The molecule has 170 valence electrons. The maximum Gasteiger partial charge on any atom is 0.491 e. The van der Waals surface area contributed by atoms with Crippen molar-refractivity contribution in [3.8, 4) is 5.75 Å². The number of nitrogens with zero attached hydrogens (tertiary/aromatic N) is 1. The minimum atomic E-state index is -5.57. The number of carbonyl (C=O) groups is 2. The van der Waals surface area contributed by atoms with E-state index in [-0.39, 0.29) is 22.8 Å². The molecule has 1 unspecified atom stereocenters. The molecule has 2 aromatic rings. The highest BCUT2D eigenvalue weighted by atomic mass is 35.5. The fourth-order valence-electron chi connectivity index (χ4n) is 2.90. The van der Waals surface area contributed by atoms with Crippen molar-refractivity contribution in [3.63, 3.8) is 0 Å². The molecule has 1 aliphatic rings. The van der Waals surface area contributed by atoms with E-state index in [4.69, 9.17) is 16.3 Å². The zero-order chi connectivity index (χ0) is 23.8. The van der Waals surface area contributed by atoms with Crippen LogP contribution in [0.4, 0.5) is 26.3 Å². The maximum atomic E-state index is 13.5. The Balaban J connectivity index is 1.98. The van der Waals surface area contributed by atoms with Gasteiger partial charge >= 0.3 is 24.3 Å². The molecule has 32 heavy (non-hydrogen) atoms. The molecule has 0 radical (unpaired) electrons. The first-order valence-electron chi connectivity index (χ1n) is 8.78. The molecule has 0 fully saturated rings.